The lowest BCUT2D eigenvalue weighted by Crippen LogP contribution is -2.03. The van der Waals surface area contributed by atoms with Crippen LogP contribution in [0.2, 0.25) is 0 Å². The summed E-state index contributed by atoms with van der Waals surface area (Å²) in [5, 5.41) is 0. The zero-order valence-corrected chi connectivity index (χ0v) is 7.70. The number of aromatic nitrogens is 2. The fourth-order valence-electron chi connectivity index (χ4n) is 1.50. The molecule has 0 fully saturated rings. The van der Waals surface area contributed by atoms with Crippen LogP contribution in [-0.4, -0.2) is 15.9 Å². The monoisotopic (exact) mass is 175 g/mol. The molecule has 13 heavy (non-hydrogen) atoms. The van der Waals surface area contributed by atoms with Gasteiger partial charge in [-0.2, -0.15) is 0 Å². The van der Waals surface area contributed by atoms with Crippen LogP contribution in [0.15, 0.2) is 24.7 Å². The molecule has 3 heteroatoms. The fourth-order valence-corrected chi connectivity index (χ4v) is 1.50. The van der Waals surface area contributed by atoms with Crippen LogP contribution >= 0.6 is 0 Å². The molecule has 68 valence electrons. The van der Waals surface area contributed by atoms with Crippen LogP contribution < -0.4 is 5.73 Å². The molecule has 0 spiro atoms. The van der Waals surface area contributed by atoms with Gasteiger partial charge >= 0.3 is 0 Å². The lowest BCUT2D eigenvalue weighted by molar-refractivity contribution is 0.942. The van der Waals surface area contributed by atoms with Gasteiger partial charge in [0.1, 0.15) is 0 Å². The number of hydrogen-bond acceptors (Lipinski definition) is 2. The van der Waals surface area contributed by atoms with E-state index >= 15 is 0 Å². The zero-order valence-electron chi connectivity index (χ0n) is 7.70. The molecule has 0 saturated heterocycles. The molecule has 0 aromatic carbocycles. The number of fused-ring (bicyclic) bond motifs is 1. The van der Waals surface area contributed by atoms with Gasteiger partial charge in [0, 0.05) is 12.6 Å². The number of aryl methyl sites for hydroxylation is 1. The van der Waals surface area contributed by atoms with Crippen molar-refractivity contribution in [3.8, 4) is 0 Å². The summed E-state index contributed by atoms with van der Waals surface area (Å²) in [6, 6.07) is 4.18. The third-order valence-electron chi connectivity index (χ3n) is 2.14. The second-order valence-corrected chi connectivity index (χ2v) is 3.23. The van der Waals surface area contributed by atoms with Crippen molar-refractivity contribution in [2.24, 2.45) is 5.73 Å². The van der Waals surface area contributed by atoms with Crippen LogP contribution in [0.4, 0.5) is 0 Å². The van der Waals surface area contributed by atoms with Gasteiger partial charge < -0.3 is 10.1 Å². The van der Waals surface area contributed by atoms with E-state index in [-0.39, 0.29) is 0 Å². The van der Waals surface area contributed by atoms with Crippen molar-refractivity contribution in [1.82, 2.24) is 9.38 Å². The second-order valence-electron chi connectivity index (χ2n) is 3.23. The van der Waals surface area contributed by atoms with E-state index in [2.05, 4.69) is 30.2 Å². The minimum atomic E-state index is 0.653. The minimum Gasteiger partial charge on any atom is -0.330 e. The average molecular weight is 175 g/mol. The van der Waals surface area contributed by atoms with Gasteiger partial charge in [-0.05, 0) is 25.1 Å². The Labute approximate surface area is 77.2 Å². The smallest absolute Gasteiger partial charge is 0.0995 e. The van der Waals surface area contributed by atoms with Gasteiger partial charge in [0.25, 0.3) is 0 Å². The number of nitrogens with zero attached hydrogens (tertiary/aromatic N) is 2. The Balaban J connectivity index is 2.55. The second kappa shape index (κ2) is 3.18. The molecule has 0 aliphatic heterocycles. The molecule has 0 aliphatic rings. The van der Waals surface area contributed by atoms with Gasteiger partial charge in [-0.25, -0.2) is 4.98 Å². The summed E-state index contributed by atoms with van der Waals surface area (Å²) in [5.74, 6) is 0. The molecule has 2 aromatic rings. The summed E-state index contributed by atoms with van der Waals surface area (Å²) in [6.07, 6.45) is 4.76. The molecule has 0 amide bonds. The number of pyridine rings is 1. The molecule has 2 rings (SSSR count). The zero-order chi connectivity index (χ0) is 9.26. The highest BCUT2D eigenvalue weighted by Crippen LogP contribution is 2.10. The molecule has 0 unspecified atom stereocenters. The lowest BCUT2D eigenvalue weighted by atomic mass is 10.2. The highest BCUT2D eigenvalue weighted by Gasteiger charge is 2.01. The van der Waals surface area contributed by atoms with Gasteiger partial charge in [-0.3, -0.25) is 0 Å². The van der Waals surface area contributed by atoms with E-state index in [0.29, 0.717) is 6.54 Å². The third kappa shape index (κ3) is 1.42. The van der Waals surface area contributed by atoms with Gasteiger partial charge in [0.2, 0.25) is 0 Å². The molecule has 2 N–H and O–H groups in total. The summed E-state index contributed by atoms with van der Waals surface area (Å²) >= 11 is 0. The normalized spacial score (nSPS) is 10.9. The average Bonchev–Trinajstić information content (AvgIpc) is 2.49. The van der Waals surface area contributed by atoms with Crippen molar-refractivity contribution < 1.29 is 0 Å². The van der Waals surface area contributed by atoms with Gasteiger partial charge in [-0.1, -0.05) is 6.07 Å². The Kier molecular flexibility index (Phi) is 2.02. The highest BCUT2D eigenvalue weighted by atomic mass is 15.0. The maximum Gasteiger partial charge on any atom is 0.0995 e. The molecular weight excluding hydrogens is 162 g/mol. The van der Waals surface area contributed by atoms with E-state index < -0.39 is 0 Å². The minimum absolute atomic E-state index is 0.653. The molecule has 3 nitrogen and oxygen atoms in total. The van der Waals surface area contributed by atoms with Crippen LogP contribution in [0.25, 0.3) is 5.52 Å². The Morgan fingerprint density at radius 1 is 1.46 bits per heavy atom. The van der Waals surface area contributed by atoms with Crippen LogP contribution in [0.1, 0.15) is 11.3 Å². The van der Waals surface area contributed by atoms with E-state index in [1.165, 1.54) is 5.56 Å². The van der Waals surface area contributed by atoms with Crippen molar-refractivity contribution in [1.29, 1.82) is 0 Å². The Morgan fingerprint density at radius 3 is 3.08 bits per heavy atom. The lowest BCUT2D eigenvalue weighted by Gasteiger charge is -1.97. The molecular formula is C10H13N3. The predicted molar refractivity (Wildman–Crippen MR) is 52.7 cm³/mol. The van der Waals surface area contributed by atoms with Crippen LogP contribution in [0.3, 0.4) is 0 Å². The van der Waals surface area contributed by atoms with Gasteiger partial charge in [-0.15, -0.1) is 0 Å². The van der Waals surface area contributed by atoms with E-state index in [9.17, 15) is 0 Å². The van der Waals surface area contributed by atoms with Crippen molar-refractivity contribution in [3.05, 3.63) is 35.9 Å². The van der Waals surface area contributed by atoms with Crippen molar-refractivity contribution in [2.75, 3.05) is 6.54 Å². The number of rotatable bonds is 2. The number of nitrogens with two attached hydrogens (primary N) is 1. The maximum absolute atomic E-state index is 5.49. The third-order valence-corrected chi connectivity index (χ3v) is 2.14. The summed E-state index contributed by atoms with van der Waals surface area (Å²) in [7, 11) is 0. The molecule has 2 aromatic heterocycles. The van der Waals surface area contributed by atoms with E-state index in [0.717, 1.165) is 17.6 Å². The molecule has 0 aliphatic carbocycles. The molecule has 0 saturated carbocycles. The first-order chi connectivity index (χ1) is 6.31. The molecule has 0 atom stereocenters. The van der Waals surface area contributed by atoms with E-state index in [1.54, 1.807) is 0 Å². The van der Waals surface area contributed by atoms with Gasteiger partial charge in [0.15, 0.2) is 0 Å². The van der Waals surface area contributed by atoms with Crippen LogP contribution in [0, 0.1) is 6.92 Å². The number of hydrogen-bond donors (Lipinski definition) is 1. The molecule has 2 heterocycles. The fraction of sp³-hybridized carbons (Fsp3) is 0.300. The first-order valence-corrected chi connectivity index (χ1v) is 4.43. The van der Waals surface area contributed by atoms with Crippen molar-refractivity contribution in [3.63, 3.8) is 0 Å². The first-order valence-electron chi connectivity index (χ1n) is 4.43. The summed E-state index contributed by atoms with van der Waals surface area (Å²) in [4.78, 5) is 4.31. The quantitative estimate of drug-likeness (QED) is 0.744. The van der Waals surface area contributed by atoms with Crippen molar-refractivity contribution in [2.45, 2.75) is 13.3 Å². The molecule has 0 radical (unpaired) electrons. The summed E-state index contributed by atoms with van der Waals surface area (Å²) in [5.41, 5.74) is 8.98. The van der Waals surface area contributed by atoms with Gasteiger partial charge in [0.05, 0.1) is 17.5 Å². The predicted octanol–water partition coefficient (Wildman–Crippen LogP) is 1.14. The van der Waals surface area contributed by atoms with Crippen LogP contribution in [0.5, 0.6) is 0 Å². The van der Waals surface area contributed by atoms with Crippen LogP contribution in [-0.2, 0) is 6.42 Å². The van der Waals surface area contributed by atoms with E-state index in [1.807, 2.05) is 10.7 Å². The Bertz CT molecular complexity index is 417. The van der Waals surface area contributed by atoms with Crippen molar-refractivity contribution >= 4 is 5.52 Å². The Hall–Kier alpha value is -1.35. The number of imidazole rings is 1. The highest BCUT2D eigenvalue weighted by molar-refractivity contribution is 5.52. The largest absolute Gasteiger partial charge is 0.330 e. The SMILES string of the molecule is Cc1ccc2c(CCN)ncn2c1. The Morgan fingerprint density at radius 2 is 2.31 bits per heavy atom. The maximum atomic E-state index is 5.49. The molecule has 0 bridgehead atoms. The summed E-state index contributed by atoms with van der Waals surface area (Å²) in [6.45, 7) is 2.72. The first kappa shape index (κ1) is 8.26. The summed E-state index contributed by atoms with van der Waals surface area (Å²) < 4.78 is 2.04. The topological polar surface area (TPSA) is 43.3 Å². The van der Waals surface area contributed by atoms with E-state index in [4.69, 9.17) is 5.73 Å². The standard InChI is InChI=1S/C10H13N3/c1-8-2-3-10-9(4-5-11)12-7-13(10)6-8/h2-3,6-7H,4-5,11H2,1H3.